The molecule has 8 aromatic rings. The molecule has 9 rings (SSSR count). The Labute approximate surface area is 259 Å². The third-order valence-electron chi connectivity index (χ3n) is 8.66. The number of nitrogens with zero attached hydrogens (tertiary/aromatic N) is 2. The number of benzene rings is 6. The average molecular weight is 582 g/mol. The van der Waals surface area contributed by atoms with Crippen LogP contribution in [0.2, 0.25) is 0 Å². The zero-order valence-corrected chi connectivity index (χ0v) is 24.6. The molecule has 2 aromatic heterocycles. The minimum Gasteiger partial charge on any atom is -0.345 e. The van der Waals surface area contributed by atoms with E-state index >= 15 is 0 Å². The highest BCUT2D eigenvalue weighted by molar-refractivity contribution is 7.26. The second-order valence-corrected chi connectivity index (χ2v) is 12.3. The average Bonchev–Trinajstić information content (AvgIpc) is 3.64. The lowest BCUT2D eigenvalue weighted by Gasteiger charge is -2.25. The van der Waals surface area contributed by atoms with Crippen molar-refractivity contribution >= 4 is 65.0 Å². The van der Waals surface area contributed by atoms with Gasteiger partial charge in [0, 0.05) is 36.5 Å². The van der Waals surface area contributed by atoms with E-state index in [1.165, 1.54) is 47.6 Å². The van der Waals surface area contributed by atoms with E-state index in [4.69, 9.17) is 4.99 Å². The Bertz CT molecular complexity index is 2400. The van der Waals surface area contributed by atoms with Crippen LogP contribution in [0.25, 0.3) is 58.8 Å². The molecular formula is C40H27N3S. The van der Waals surface area contributed by atoms with Gasteiger partial charge in [-0.2, -0.15) is 0 Å². The van der Waals surface area contributed by atoms with Crippen LogP contribution < -0.4 is 5.32 Å². The largest absolute Gasteiger partial charge is 0.345 e. The lowest BCUT2D eigenvalue weighted by molar-refractivity contribution is 0.760. The van der Waals surface area contributed by atoms with Crippen molar-refractivity contribution in [1.82, 2.24) is 9.88 Å². The van der Waals surface area contributed by atoms with Gasteiger partial charge in [-0.05, 0) is 41.0 Å². The molecule has 0 amide bonds. The standard InChI is InChI=1S/C40H27N3S/c1-4-12-26(13-5-1)29-20-21-32-36(24-29)43(35-23-22-31-30-18-10-11-19-37(30)44-39(31)38(32)35)40-41-33(27-14-6-2-7-15-27)25-34(42-40)28-16-8-3-9-17-28/h1-25,33H,(H,41,42). The van der Waals surface area contributed by atoms with E-state index in [-0.39, 0.29) is 6.04 Å². The van der Waals surface area contributed by atoms with E-state index in [1.807, 2.05) is 11.3 Å². The van der Waals surface area contributed by atoms with Crippen molar-refractivity contribution < 1.29 is 0 Å². The van der Waals surface area contributed by atoms with Crippen molar-refractivity contribution in [2.75, 3.05) is 0 Å². The van der Waals surface area contributed by atoms with Gasteiger partial charge in [-0.25, -0.2) is 4.99 Å². The fourth-order valence-electron chi connectivity index (χ4n) is 6.57. The SMILES string of the molecule is C1=C(c2ccccc2)N=C(n2c3cc(-c4ccccc4)ccc3c3c4sc5ccccc5c4ccc32)NC1c1ccccc1. The smallest absolute Gasteiger partial charge is 0.209 e. The van der Waals surface area contributed by atoms with Gasteiger partial charge in [0.1, 0.15) is 0 Å². The highest BCUT2D eigenvalue weighted by Gasteiger charge is 2.24. The molecule has 0 fully saturated rings. The first kappa shape index (κ1) is 25.1. The Morgan fingerprint density at radius 3 is 2.05 bits per heavy atom. The number of thiophene rings is 1. The van der Waals surface area contributed by atoms with Crippen LogP contribution in [0.5, 0.6) is 0 Å². The lowest BCUT2D eigenvalue weighted by Crippen LogP contribution is -2.35. The molecule has 0 aliphatic carbocycles. The van der Waals surface area contributed by atoms with E-state index in [0.29, 0.717) is 0 Å². The van der Waals surface area contributed by atoms with Gasteiger partial charge >= 0.3 is 0 Å². The molecule has 0 saturated carbocycles. The molecule has 4 heteroatoms. The summed E-state index contributed by atoms with van der Waals surface area (Å²) in [4.78, 5) is 5.33. The lowest BCUT2D eigenvalue weighted by atomic mass is 10.0. The second-order valence-electron chi connectivity index (χ2n) is 11.3. The molecule has 208 valence electrons. The fourth-order valence-corrected chi connectivity index (χ4v) is 7.83. The monoisotopic (exact) mass is 581 g/mol. The molecule has 1 aliphatic rings. The minimum absolute atomic E-state index is 0.0308. The van der Waals surface area contributed by atoms with Gasteiger partial charge in [0.05, 0.1) is 22.8 Å². The summed E-state index contributed by atoms with van der Waals surface area (Å²) >= 11 is 1.88. The van der Waals surface area contributed by atoms with Crippen LogP contribution in [0, 0.1) is 0 Å². The summed E-state index contributed by atoms with van der Waals surface area (Å²) in [5.74, 6) is 0.825. The van der Waals surface area contributed by atoms with Gasteiger partial charge in [-0.3, -0.25) is 4.57 Å². The number of aliphatic imine (C=N–C) groups is 1. The van der Waals surface area contributed by atoms with E-state index in [0.717, 1.165) is 28.3 Å². The third-order valence-corrected chi connectivity index (χ3v) is 9.86. The number of hydrogen-bond donors (Lipinski definition) is 1. The van der Waals surface area contributed by atoms with Crippen LogP contribution in [0.15, 0.2) is 157 Å². The van der Waals surface area contributed by atoms with Gasteiger partial charge in [-0.1, -0.05) is 127 Å². The van der Waals surface area contributed by atoms with Crippen LogP contribution in [-0.2, 0) is 0 Å². The minimum atomic E-state index is -0.0308. The fraction of sp³-hybridized carbons (Fsp3) is 0.0250. The molecule has 0 radical (unpaired) electrons. The topological polar surface area (TPSA) is 29.3 Å². The molecule has 0 saturated heterocycles. The third kappa shape index (κ3) is 3.99. The maximum atomic E-state index is 5.33. The molecule has 6 aromatic carbocycles. The van der Waals surface area contributed by atoms with E-state index in [1.54, 1.807) is 0 Å². The Morgan fingerprint density at radius 1 is 0.568 bits per heavy atom. The summed E-state index contributed by atoms with van der Waals surface area (Å²) in [5, 5.41) is 8.94. The summed E-state index contributed by atoms with van der Waals surface area (Å²) in [6.07, 6.45) is 2.24. The van der Waals surface area contributed by atoms with E-state index in [2.05, 4.69) is 162 Å². The maximum Gasteiger partial charge on any atom is 0.209 e. The van der Waals surface area contributed by atoms with Gasteiger partial charge < -0.3 is 5.32 Å². The Balaban J connectivity index is 1.35. The first-order valence-corrected chi connectivity index (χ1v) is 15.8. The van der Waals surface area contributed by atoms with Crippen LogP contribution in [0.3, 0.4) is 0 Å². The van der Waals surface area contributed by atoms with Crippen molar-refractivity contribution in [3.63, 3.8) is 0 Å². The zero-order chi connectivity index (χ0) is 29.0. The number of nitrogens with one attached hydrogen (secondary N) is 1. The second kappa shape index (κ2) is 10.1. The van der Waals surface area contributed by atoms with Crippen molar-refractivity contribution in [3.05, 3.63) is 163 Å². The van der Waals surface area contributed by atoms with Crippen LogP contribution in [-0.4, -0.2) is 10.5 Å². The Hall–Kier alpha value is -5.45. The van der Waals surface area contributed by atoms with Crippen LogP contribution >= 0.6 is 11.3 Å². The Kier molecular flexibility index (Phi) is 5.75. The quantitative estimate of drug-likeness (QED) is 0.221. The summed E-state index contributed by atoms with van der Waals surface area (Å²) < 4.78 is 4.96. The molecule has 1 atom stereocenters. The van der Waals surface area contributed by atoms with Crippen molar-refractivity contribution in [2.24, 2.45) is 4.99 Å². The molecule has 1 N–H and O–H groups in total. The molecule has 3 heterocycles. The normalized spacial score (nSPS) is 15.0. The molecule has 1 unspecified atom stereocenters. The number of rotatable bonds is 3. The summed E-state index contributed by atoms with van der Waals surface area (Å²) in [6.45, 7) is 0. The molecular weight excluding hydrogens is 555 g/mol. The summed E-state index contributed by atoms with van der Waals surface area (Å²) in [6, 6.07) is 51.9. The predicted molar refractivity (Wildman–Crippen MR) is 187 cm³/mol. The van der Waals surface area contributed by atoms with Gasteiger partial charge in [0.15, 0.2) is 0 Å². The highest BCUT2D eigenvalue weighted by Crippen LogP contribution is 2.43. The zero-order valence-electron chi connectivity index (χ0n) is 23.8. The highest BCUT2D eigenvalue weighted by atomic mass is 32.1. The Morgan fingerprint density at radius 2 is 1.25 bits per heavy atom. The number of aromatic nitrogens is 1. The first-order valence-electron chi connectivity index (χ1n) is 14.9. The van der Waals surface area contributed by atoms with E-state index < -0.39 is 0 Å². The molecule has 3 nitrogen and oxygen atoms in total. The molecule has 1 aliphatic heterocycles. The summed E-state index contributed by atoms with van der Waals surface area (Å²) in [5.41, 5.74) is 7.94. The van der Waals surface area contributed by atoms with Crippen molar-refractivity contribution in [2.45, 2.75) is 6.04 Å². The predicted octanol–water partition coefficient (Wildman–Crippen LogP) is 10.4. The molecule has 0 bridgehead atoms. The maximum absolute atomic E-state index is 5.33. The first-order chi connectivity index (χ1) is 21.8. The van der Waals surface area contributed by atoms with Gasteiger partial charge in [0.2, 0.25) is 5.96 Å². The van der Waals surface area contributed by atoms with Crippen LogP contribution in [0.4, 0.5) is 0 Å². The van der Waals surface area contributed by atoms with Gasteiger partial charge in [0.25, 0.3) is 0 Å². The van der Waals surface area contributed by atoms with E-state index in [9.17, 15) is 0 Å². The van der Waals surface area contributed by atoms with Gasteiger partial charge in [-0.15, -0.1) is 11.3 Å². The number of fused-ring (bicyclic) bond motifs is 7. The summed E-state index contributed by atoms with van der Waals surface area (Å²) in [7, 11) is 0. The molecule has 44 heavy (non-hydrogen) atoms. The molecule has 0 spiro atoms. The van der Waals surface area contributed by atoms with Crippen LogP contribution in [0.1, 0.15) is 17.2 Å². The van der Waals surface area contributed by atoms with Crippen molar-refractivity contribution in [3.8, 4) is 11.1 Å². The number of hydrogen-bond acceptors (Lipinski definition) is 3. The van der Waals surface area contributed by atoms with Crippen molar-refractivity contribution in [1.29, 1.82) is 0 Å².